The molecule has 17 heavy (non-hydrogen) atoms. The highest BCUT2D eigenvalue weighted by Crippen LogP contribution is 2.28. The van der Waals surface area contributed by atoms with Crippen LogP contribution in [0.2, 0.25) is 0 Å². The monoisotopic (exact) mass is 252 g/mol. The Morgan fingerprint density at radius 2 is 2.00 bits per heavy atom. The van der Waals surface area contributed by atoms with Crippen LogP contribution in [-0.2, 0) is 4.79 Å². The summed E-state index contributed by atoms with van der Waals surface area (Å²) >= 11 is 1.73. The van der Waals surface area contributed by atoms with Crippen LogP contribution in [0, 0.1) is 17.2 Å². The summed E-state index contributed by atoms with van der Waals surface area (Å²) < 4.78 is 0. The number of thioether (sulfide) groups is 1. The minimum absolute atomic E-state index is 0.0876. The number of carbonyl (C=O) groups is 1. The van der Waals surface area contributed by atoms with Crippen molar-refractivity contribution in [2.45, 2.75) is 56.2 Å². The summed E-state index contributed by atoms with van der Waals surface area (Å²) in [4.78, 5) is 12.0. The van der Waals surface area contributed by atoms with Gasteiger partial charge in [0, 0.05) is 0 Å². The molecule has 94 valence electrons. The lowest BCUT2D eigenvalue weighted by molar-refractivity contribution is -0.121. The van der Waals surface area contributed by atoms with Crippen molar-refractivity contribution < 1.29 is 4.79 Å². The lowest BCUT2D eigenvalue weighted by Gasteiger charge is -2.27. The molecular weight excluding hydrogens is 232 g/mol. The summed E-state index contributed by atoms with van der Waals surface area (Å²) in [6, 6.07) is 2.02. The summed E-state index contributed by atoms with van der Waals surface area (Å²) in [7, 11) is 0. The predicted octanol–water partition coefficient (Wildman–Crippen LogP) is 2.47. The fourth-order valence-corrected chi connectivity index (χ4v) is 3.92. The Labute approximate surface area is 107 Å². The third kappa shape index (κ3) is 3.38. The summed E-state index contributed by atoms with van der Waals surface area (Å²) in [5.74, 6) is 1.55. The Hall–Kier alpha value is -0.690. The Kier molecular flexibility index (Phi) is 4.73. The Morgan fingerprint density at radius 1 is 1.24 bits per heavy atom. The molecule has 1 amide bonds. The van der Waals surface area contributed by atoms with Gasteiger partial charge in [0.15, 0.2) is 0 Å². The molecule has 0 aromatic heterocycles. The topological polar surface area (TPSA) is 52.9 Å². The van der Waals surface area contributed by atoms with Crippen LogP contribution in [0.1, 0.15) is 44.9 Å². The van der Waals surface area contributed by atoms with Gasteiger partial charge in [-0.1, -0.05) is 19.3 Å². The summed E-state index contributed by atoms with van der Waals surface area (Å²) in [6.07, 6.45) is 7.98. The normalized spacial score (nSPS) is 27.4. The fraction of sp³-hybridized carbons (Fsp3) is 0.846. The summed E-state index contributed by atoms with van der Waals surface area (Å²) in [5, 5.41) is 12.2. The Bertz CT molecular complexity index is 301. The molecule has 1 aliphatic carbocycles. The standard InChI is InChI=1S/C13H20N2OS/c14-9-11(10-5-2-1-3-6-10)15-13(16)12-7-4-8-17-12/h10-12H,1-8H2,(H,15,16). The molecule has 1 heterocycles. The lowest BCUT2D eigenvalue weighted by atomic mass is 9.84. The first-order valence-corrected chi connectivity index (χ1v) is 7.67. The van der Waals surface area contributed by atoms with Crippen LogP contribution < -0.4 is 5.32 Å². The quantitative estimate of drug-likeness (QED) is 0.839. The molecule has 3 nitrogen and oxygen atoms in total. The maximum absolute atomic E-state index is 12.0. The summed E-state index contributed by atoms with van der Waals surface area (Å²) in [5.41, 5.74) is 0. The SMILES string of the molecule is N#CC(NC(=O)C1CCCS1)C1CCCCC1. The van der Waals surface area contributed by atoms with E-state index in [1.807, 2.05) is 0 Å². The zero-order valence-corrected chi connectivity index (χ0v) is 11.0. The van der Waals surface area contributed by atoms with Crippen LogP contribution in [0.5, 0.6) is 0 Å². The molecule has 2 rings (SSSR count). The first-order valence-electron chi connectivity index (χ1n) is 6.63. The highest BCUT2D eigenvalue weighted by Gasteiger charge is 2.29. The van der Waals surface area contributed by atoms with E-state index in [-0.39, 0.29) is 17.2 Å². The molecule has 2 unspecified atom stereocenters. The zero-order chi connectivity index (χ0) is 12.1. The van der Waals surface area contributed by atoms with Gasteiger partial charge in [-0.05, 0) is 37.4 Å². The van der Waals surface area contributed by atoms with Gasteiger partial charge in [0.1, 0.15) is 6.04 Å². The molecule has 2 aliphatic rings. The van der Waals surface area contributed by atoms with E-state index in [9.17, 15) is 10.1 Å². The number of amides is 1. The molecule has 0 radical (unpaired) electrons. The molecular formula is C13H20N2OS. The molecule has 1 saturated carbocycles. The third-order valence-corrected chi connectivity index (χ3v) is 5.16. The molecule has 0 aromatic carbocycles. The van der Waals surface area contributed by atoms with Crippen LogP contribution in [-0.4, -0.2) is 23.0 Å². The average Bonchev–Trinajstić information content (AvgIpc) is 2.90. The van der Waals surface area contributed by atoms with Gasteiger partial charge in [0.05, 0.1) is 11.3 Å². The number of nitrogens with one attached hydrogen (secondary N) is 1. The average molecular weight is 252 g/mol. The van der Waals surface area contributed by atoms with Crippen molar-refractivity contribution in [1.29, 1.82) is 5.26 Å². The summed E-state index contributed by atoms with van der Waals surface area (Å²) in [6.45, 7) is 0. The van der Waals surface area contributed by atoms with E-state index in [0.29, 0.717) is 5.92 Å². The van der Waals surface area contributed by atoms with Gasteiger partial charge < -0.3 is 5.32 Å². The van der Waals surface area contributed by atoms with Crippen LogP contribution in [0.4, 0.5) is 0 Å². The first kappa shape index (κ1) is 12.8. The third-order valence-electron chi connectivity index (χ3n) is 3.78. The zero-order valence-electron chi connectivity index (χ0n) is 10.2. The van der Waals surface area contributed by atoms with Gasteiger partial charge in [0.25, 0.3) is 0 Å². The second-order valence-electron chi connectivity index (χ2n) is 5.02. The van der Waals surface area contributed by atoms with Gasteiger partial charge in [-0.3, -0.25) is 4.79 Å². The Morgan fingerprint density at radius 3 is 2.59 bits per heavy atom. The molecule has 1 aliphatic heterocycles. The van der Waals surface area contributed by atoms with Gasteiger partial charge in [0.2, 0.25) is 5.91 Å². The maximum Gasteiger partial charge on any atom is 0.234 e. The van der Waals surface area contributed by atoms with Gasteiger partial charge in [-0.2, -0.15) is 5.26 Å². The minimum Gasteiger partial charge on any atom is -0.339 e. The molecule has 0 aromatic rings. The lowest BCUT2D eigenvalue weighted by Crippen LogP contribution is -2.43. The molecule has 4 heteroatoms. The molecule has 1 saturated heterocycles. The number of nitriles is 1. The number of hydrogen-bond acceptors (Lipinski definition) is 3. The predicted molar refractivity (Wildman–Crippen MR) is 69.6 cm³/mol. The van der Waals surface area contributed by atoms with E-state index in [1.165, 1.54) is 19.3 Å². The van der Waals surface area contributed by atoms with E-state index in [0.717, 1.165) is 31.4 Å². The van der Waals surface area contributed by atoms with E-state index in [2.05, 4.69) is 11.4 Å². The van der Waals surface area contributed by atoms with Gasteiger partial charge in [-0.15, -0.1) is 11.8 Å². The first-order chi connectivity index (χ1) is 8.31. The molecule has 0 spiro atoms. The number of hydrogen-bond donors (Lipinski definition) is 1. The van der Waals surface area contributed by atoms with Crippen molar-refractivity contribution >= 4 is 17.7 Å². The van der Waals surface area contributed by atoms with Gasteiger partial charge in [-0.25, -0.2) is 0 Å². The Balaban J connectivity index is 1.85. The smallest absolute Gasteiger partial charge is 0.234 e. The fourth-order valence-electron chi connectivity index (χ4n) is 2.75. The molecule has 1 N–H and O–H groups in total. The van der Waals surface area contributed by atoms with Crippen molar-refractivity contribution in [2.24, 2.45) is 5.92 Å². The highest BCUT2D eigenvalue weighted by molar-refractivity contribution is 8.00. The number of carbonyl (C=O) groups excluding carboxylic acids is 1. The largest absolute Gasteiger partial charge is 0.339 e. The highest BCUT2D eigenvalue weighted by atomic mass is 32.2. The van der Waals surface area contributed by atoms with Crippen molar-refractivity contribution in [3.05, 3.63) is 0 Å². The minimum atomic E-state index is -0.260. The number of rotatable bonds is 3. The number of nitrogens with zero attached hydrogens (tertiary/aromatic N) is 1. The van der Waals surface area contributed by atoms with Crippen LogP contribution in [0.25, 0.3) is 0 Å². The van der Waals surface area contributed by atoms with E-state index >= 15 is 0 Å². The van der Waals surface area contributed by atoms with Crippen molar-refractivity contribution in [3.63, 3.8) is 0 Å². The maximum atomic E-state index is 12.0. The second-order valence-corrected chi connectivity index (χ2v) is 6.33. The van der Waals surface area contributed by atoms with E-state index in [4.69, 9.17) is 0 Å². The van der Waals surface area contributed by atoms with Gasteiger partial charge >= 0.3 is 0 Å². The van der Waals surface area contributed by atoms with Crippen LogP contribution in [0.3, 0.4) is 0 Å². The van der Waals surface area contributed by atoms with Crippen molar-refractivity contribution in [3.8, 4) is 6.07 Å². The van der Waals surface area contributed by atoms with Crippen LogP contribution >= 0.6 is 11.8 Å². The van der Waals surface area contributed by atoms with Crippen molar-refractivity contribution in [1.82, 2.24) is 5.32 Å². The molecule has 2 fully saturated rings. The molecule has 0 bridgehead atoms. The van der Waals surface area contributed by atoms with Crippen molar-refractivity contribution in [2.75, 3.05) is 5.75 Å². The van der Waals surface area contributed by atoms with Crippen LogP contribution in [0.15, 0.2) is 0 Å². The molecule has 2 atom stereocenters. The van der Waals surface area contributed by atoms with E-state index < -0.39 is 0 Å². The second kappa shape index (κ2) is 6.30. The van der Waals surface area contributed by atoms with E-state index in [1.54, 1.807) is 11.8 Å².